The van der Waals surface area contributed by atoms with Crippen molar-refractivity contribution < 1.29 is 9.53 Å². The highest BCUT2D eigenvalue weighted by Crippen LogP contribution is 2.22. The van der Waals surface area contributed by atoms with E-state index in [1.54, 1.807) is 0 Å². The minimum Gasteiger partial charge on any atom is -0.376 e. The van der Waals surface area contributed by atoms with Crippen molar-refractivity contribution in [2.75, 3.05) is 18.9 Å². The fraction of sp³-hybridized carbons (Fsp3) is 0.438. The lowest BCUT2D eigenvalue weighted by Gasteiger charge is -2.10. The van der Waals surface area contributed by atoms with Gasteiger partial charge in [0.2, 0.25) is 5.91 Å². The maximum atomic E-state index is 11.9. The summed E-state index contributed by atoms with van der Waals surface area (Å²) in [5.74, 6) is 1.12. The van der Waals surface area contributed by atoms with Crippen LogP contribution in [0.15, 0.2) is 35.5 Å². The number of aromatic nitrogens is 3. The quantitative estimate of drug-likeness (QED) is 0.818. The smallest absolute Gasteiger partial charge is 0.230 e. The molecule has 1 amide bonds. The largest absolute Gasteiger partial charge is 0.376 e. The van der Waals surface area contributed by atoms with E-state index in [1.165, 1.54) is 11.8 Å². The van der Waals surface area contributed by atoms with E-state index < -0.39 is 0 Å². The lowest BCUT2D eigenvalue weighted by Crippen LogP contribution is -2.32. The first kappa shape index (κ1) is 16.0. The maximum absolute atomic E-state index is 11.9. The number of ether oxygens (including phenoxy) is 1. The Kier molecular flexibility index (Phi) is 5.30. The number of nitrogens with zero attached hydrogens (tertiary/aromatic N) is 3. The van der Waals surface area contributed by atoms with Crippen LogP contribution < -0.4 is 5.32 Å². The third-order valence-corrected chi connectivity index (χ3v) is 4.77. The average molecular weight is 332 g/mol. The van der Waals surface area contributed by atoms with Crippen molar-refractivity contribution in [3.63, 3.8) is 0 Å². The molecule has 23 heavy (non-hydrogen) atoms. The molecule has 2 aromatic rings. The highest BCUT2D eigenvalue weighted by molar-refractivity contribution is 7.99. The minimum atomic E-state index is -0.00485. The Morgan fingerprint density at radius 3 is 2.96 bits per heavy atom. The summed E-state index contributed by atoms with van der Waals surface area (Å²) in [6.07, 6.45) is 2.27. The summed E-state index contributed by atoms with van der Waals surface area (Å²) >= 11 is 1.39. The van der Waals surface area contributed by atoms with Crippen LogP contribution in [0.3, 0.4) is 0 Å². The van der Waals surface area contributed by atoms with Crippen LogP contribution in [0, 0.1) is 0 Å². The number of nitrogens with one attached hydrogen (secondary N) is 1. The molecular weight excluding hydrogens is 312 g/mol. The third kappa shape index (κ3) is 4.11. The third-order valence-electron chi connectivity index (χ3n) is 3.75. The molecule has 122 valence electrons. The molecule has 1 saturated heterocycles. The van der Waals surface area contributed by atoms with Gasteiger partial charge in [-0.05, 0) is 12.8 Å². The highest BCUT2D eigenvalue weighted by atomic mass is 32.2. The number of thioether (sulfide) groups is 1. The Bertz CT molecular complexity index is 653. The second-order valence-corrected chi connectivity index (χ2v) is 6.40. The van der Waals surface area contributed by atoms with E-state index in [1.807, 2.05) is 41.9 Å². The van der Waals surface area contributed by atoms with E-state index in [2.05, 4.69) is 15.5 Å². The van der Waals surface area contributed by atoms with Crippen LogP contribution in [0.2, 0.25) is 0 Å². The van der Waals surface area contributed by atoms with Gasteiger partial charge in [-0.3, -0.25) is 4.79 Å². The van der Waals surface area contributed by atoms with E-state index >= 15 is 0 Å². The summed E-state index contributed by atoms with van der Waals surface area (Å²) in [5.41, 5.74) is 1.01. The van der Waals surface area contributed by atoms with Gasteiger partial charge in [0.05, 0.1) is 11.9 Å². The van der Waals surface area contributed by atoms with Gasteiger partial charge in [0.15, 0.2) is 11.0 Å². The number of hydrogen-bond donors (Lipinski definition) is 1. The second-order valence-electron chi connectivity index (χ2n) is 5.46. The SMILES string of the molecule is Cn1c(SCC(=O)NC[C@H]2CCCO2)nnc1-c1ccccc1. The van der Waals surface area contributed by atoms with Crippen LogP contribution in [-0.2, 0) is 16.6 Å². The molecule has 1 aromatic heterocycles. The molecule has 1 fully saturated rings. The predicted octanol–water partition coefficient (Wildman–Crippen LogP) is 1.87. The van der Waals surface area contributed by atoms with E-state index in [-0.39, 0.29) is 12.0 Å². The molecule has 1 aliphatic rings. The summed E-state index contributed by atoms with van der Waals surface area (Å²) in [6.45, 7) is 1.39. The van der Waals surface area contributed by atoms with Gasteiger partial charge < -0.3 is 14.6 Å². The molecule has 2 heterocycles. The number of amides is 1. The van der Waals surface area contributed by atoms with Gasteiger partial charge >= 0.3 is 0 Å². The minimum absolute atomic E-state index is 0.00485. The second kappa shape index (κ2) is 7.61. The first-order chi connectivity index (χ1) is 11.2. The zero-order valence-corrected chi connectivity index (χ0v) is 13.9. The van der Waals surface area contributed by atoms with Crippen LogP contribution in [0.25, 0.3) is 11.4 Å². The molecule has 0 radical (unpaired) electrons. The van der Waals surface area contributed by atoms with Crippen molar-refractivity contribution in [1.29, 1.82) is 0 Å². The highest BCUT2D eigenvalue weighted by Gasteiger charge is 2.17. The summed E-state index contributed by atoms with van der Waals surface area (Å²) in [5, 5.41) is 12.0. The lowest BCUT2D eigenvalue weighted by molar-refractivity contribution is -0.119. The summed E-state index contributed by atoms with van der Waals surface area (Å²) in [7, 11) is 1.91. The van der Waals surface area contributed by atoms with Crippen molar-refractivity contribution in [2.24, 2.45) is 7.05 Å². The number of carbonyl (C=O) groups excluding carboxylic acids is 1. The van der Waals surface area contributed by atoms with Gasteiger partial charge in [-0.25, -0.2) is 0 Å². The van der Waals surface area contributed by atoms with Gasteiger partial charge in [-0.15, -0.1) is 10.2 Å². The van der Waals surface area contributed by atoms with Crippen molar-refractivity contribution >= 4 is 17.7 Å². The Balaban J connectivity index is 1.52. The van der Waals surface area contributed by atoms with Crippen molar-refractivity contribution in [3.05, 3.63) is 30.3 Å². The number of rotatable bonds is 6. The molecule has 1 aromatic carbocycles. The molecule has 0 spiro atoms. The van der Waals surface area contributed by atoms with Gasteiger partial charge in [-0.1, -0.05) is 42.1 Å². The normalized spacial score (nSPS) is 17.3. The van der Waals surface area contributed by atoms with Crippen LogP contribution in [0.4, 0.5) is 0 Å². The van der Waals surface area contributed by atoms with Gasteiger partial charge in [0, 0.05) is 25.8 Å². The molecular formula is C16H20N4O2S. The molecule has 3 rings (SSSR count). The summed E-state index contributed by atoms with van der Waals surface area (Å²) in [6, 6.07) is 9.89. The first-order valence-corrected chi connectivity index (χ1v) is 8.68. The van der Waals surface area contributed by atoms with Crippen molar-refractivity contribution in [2.45, 2.75) is 24.1 Å². The van der Waals surface area contributed by atoms with Crippen LogP contribution in [-0.4, -0.2) is 45.7 Å². The molecule has 1 N–H and O–H groups in total. The monoisotopic (exact) mass is 332 g/mol. The zero-order chi connectivity index (χ0) is 16.1. The molecule has 1 aliphatic heterocycles. The number of hydrogen-bond acceptors (Lipinski definition) is 5. The Labute approximate surface area is 139 Å². The molecule has 7 heteroatoms. The Hall–Kier alpha value is -1.86. The summed E-state index contributed by atoms with van der Waals surface area (Å²) < 4.78 is 7.40. The van der Waals surface area contributed by atoms with Gasteiger partial charge in [0.1, 0.15) is 0 Å². The molecule has 1 atom stereocenters. The zero-order valence-electron chi connectivity index (χ0n) is 13.1. The van der Waals surface area contributed by atoms with E-state index in [0.717, 1.165) is 36.0 Å². The van der Waals surface area contributed by atoms with Gasteiger partial charge in [-0.2, -0.15) is 0 Å². The lowest BCUT2D eigenvalue weighted by atomic mass is 10.2. The maximum Gasteiger partial charge on any atom is 0.230 e. The molecule has 0 bridgehead atoms. The van der Waals surface area contributed by atoms with E-state index in [4.69, 9.17) is 4.74 Å². The topological polar surface area (TPSA) is 69.0 Å². The van der Waals surface area contributed by atoms with E-state index in [0.29, 0.717) is 12.3 Å². The predicted molar refractivity (Wildman–Crippen MR) is 89.1 cm³/mol. The van der Waals surface area contributed by atoms with Crippen LogP contribution >= 0.6 is 11.8 Å². The molecule has 0 saturated carbocycles. The summed E-state index contributed by atoms with van der Waals surface area (Å²) in [4.78, 5) is 11.9. The average Bonchev–Trinajstić information content (AvgIpc) is 3.22. The van der Waals surface area contributed by atoms with Gasteiger partial charge in [0.25, 0.3) is 0 Å². The number of benzene rings is 1. The molecule has 0 unspecified atom stereocenters. The standard InChI is InChI=1S/C16H20N4O2S/c1-20-15(12-6-3-2-4-7-12)18-19-16(20)23-11-14(21)17-10-13-8-5-9-22-13/h2-4,6-7,13H,5,8-11H2,1H3,(H,17,21)/t13-/m1/s1. The molecule has 0 aliphatic carbocycles. The first-order valence-electron chi connectivity index (χ1n) is 7.70. The number of carbonyl (C=O) groups is 1. The molecule has 6 nitrogen and oxygen atoms in total. The van der Waals surface area contributed by atoms with E-state index in [9.17, 15) is 4.79 Å². The fourth-order valence-electron chi connectivity index (χ4n) is 2.49. The van der Waals surface area contributed by atoms with Crippen molar-refractivity contribution in [3.8, 4) is 11.4 Å². The Morgan fingerprint density at radius 2 is 2.22 bits per heavy atom. The fourth-order valence-corrected chi connectivity index (χ4v) is 3.23. The van der Waals surface area contributed by atoms with Crippen LogP contribution in [0.1, 0.15) is 12.8 Å². The Morgan fingerprint density at radius 1 is 1.39 bits per heavy atom. The van der Waals surface area contributed by atoms with Crippen LogP contribution in [0.5, 0.6) is 0 Å². The van der Waals surface area contributed by atoms with Crippen molar-refractivity contribution in [1.82, 2.24) is 20.1 Å².